The number of benzene rings is 2. The van der Waals surface area contributed by atoms with E-state index in [2.05, 4.69) is 10.6 Å². The molecule has 0 saturated heterocycles. The summed E-state index contributed by atoms with van der Waals surface area (Å²) in [6.45, 7) is 3.84. The van der Waals surface area contributed by atoms with Crippen molar-refractivity contribution in [3.05, 3.63) is 64.0 Å². The van der Waals surface area contributed by atoms with Crippen molar-refractivity contribution in [2.24, 2.45) is 0 Å². The Bertz CT molecular complexity index is 1010. The first-order valence-electron chi connectivity index (χ1n) is 8.36. The highest BCUT2D eigenvalue weighted by Gasteiger charge is 2.10. The molecule has 0 unspecified atom stereocenters. The summed E-state index contributed by atoms with van der Waals surface area (Å²) < 4.78 is 5.20. The van der Waals surface area contributed by atoms with Gasteiger partial charge in [0.05, 0.1) is 0 Å². The molecule has 1 amide bonds. The fraction of sp³-hybridized carbons (Fsp3) is 0.200. The first-order valence-corrected chi connectivity index (χ1v) is 8.36. The van der Waals surface area contributed by atoms with E-state index in [4.69, 9.17) is 4.42 Å². The standard InChI is InChI=1S/C20H20N2O4/c1-3-13-8-17-14(9-20(25)26-19(17)10-18(13)24)11-21-15-4-6-16(7-5-15)22-12(2)23/h4-10,21,24H,3,11H2,1-2H3,(H,22,23). The molecule has 0 aliphatic heterocycles. The molecule has 3 aromatic rings. The van der Waals surface area contributed by atoms with E-state index in [-0.39, 0.29) is 11.7 Å². The average molecular weight is 352 g/mol. The van der Waals surface area contributed by atoms with E-state index in [0.717, 1.165) is 27.9 Å². The number of phenols is 1. The zero-order valence-corrected chi connectivity index (χ0v) is 14.6. The Morgan fingerprint density at radius 1 is 1.08 bits per heavy atom. The van der Waals surface area contributed by atoms with Crippen molar-refractivity contribution >= 4 is 28.3 Å². The van der Waals surface area contributed by atoms with Crippen LogP contribution in [0.3, 0.4) is 0 Å². The van der Waals surface area contributed by atoms with Gasteiger partial charge in [-0.2, -0.15) is 0 Å². The van der Waals surface area contributed by atoms with Crippen LogP contribution in [0.15, 0.2) is 51.7 Å². The molecule has 0 fully saturated rings. The summed E-state index contributed by atoms with van der Waals surface area (Å²) in [5.74, 6) is 0.00462. The van der Waals surface area contributed by atoms with Crippen molar-refractivity contribution in [2.45, 2.75) is 26.8 Å². The van der Waals surface area contributed by atoms with E-state index in [0.29, 0.717) is 18.5 Å². The Labute approximate surface area is 150 Å². The molecule has 2 aromatic carbocycles. The van der Waals surface area contributed by atoms with Gasteiger partial charge in [0.15, 0.2) is 0 Å². The van der Waals surface area contributed by atoms with Gasteiger partial charge >= 0.3 is 5.63 Å². The lowest BCUT2D eigenvalue weighted by molar-refractivity contribution is -0.114. The maximum Gasteiger partial charge on any atom is 0.336 e. The largest absolute Gasteiger partial charge is 0.508 e. The average Bonchev–Trinajstić information content (AvgIpc) is 2.59. The molecule has 6 nitrogen and oxygen atoms in total. The highest BCUT2D eigenvalue weighted by atomic mass is 16.4. The lowest BCUT2D eigenvalue weighted by Crippen LogP contribution is -2.07. The van der Waals surface area contributed by atoms with E-state index in [1.165, 1.54) is 19.1 Å². The highest BCUT2D eigenvalue weighted by molar-refractivity contribution is 5.88. The predicted molar refractivity (Wildman–Crippen MR) is 102 cm³/mol. The molecule has 134 valence electrons. The number of anilines is 2. The molecule has 3 rings (SSSR count). The van der Waals surface area contributed by atoms with Crippen LogP contribution >= 0.6 is 0 Å². The summed E-state index contributed by atoms with van der Waals surface area (Å²) in [7, 11) is 0. The van der Waals surface area contributed by atoms with Gasteiger partial charge in [-0.25, -0.2) is 4.79 Å². The van der Waals surface area contributed by atoms with Crippen LogP contribution in [-0.4, -0.2) is 11.0 Å². The van der Waals surface area contributed by atoms with Crippen molar-refractivity contribution < 1.29 is 14.3 Å². The SMILES string of the molecule is CCc1cc2c(CNc3ccc(NC(C)=O)cc3)cc(=O)oc2cc1O. The maximum absolute atomic E-state index is 11.8. The van der Waals surface area contributed by atoms with Gasteiger partial charge in [0, 0.05) is 42.4 Å². The molecule has 0 bridgehead atoms. The van der Waals surface area contributed by atoms with Crippen molar-refractivity contribution in [2.75, 3.05) is 10.6 Å². The number of nitrogens with one attached hydrogen (secondary N) is 2. The summed E-state index contributed by atoms with van der Waals surface area (Å²) >= 11 is 0. The second-order valence-corrected chi connectivity index (χ2v) is 6.03. The normalized spacial score (nSPS) is 10.7. The van der Waals surface area contributed by atoms with Gasteiger partial charge in [-0.1, -0.05) is 6.92 Å². The summed E-state index contributed by atoms with van der Waals surface area (Å²) in [5.41, 5.74) is 3.07. The number of amides is 1. The van der Waals surface area contributed by atoms with Crippen molar-refractivity contribution in [1.29, 1.82) is 0 Å². The molecule has 1 heterocycles. The third-order valence-electron chi connectivity index (χ3n) is 4.10. The fourth-order valence-corrected chi connectivity index (χ4v) is 2.81. The molecule has 1 aromatic heterocycles. The van der Waals surface area contributed by atoms with E-state index in [1.54, 1.807) is 12.1 Å². The Balaban J connectivity index is 1.86. The zero-order chi connectivity index (χ0) is 18.7. The van der Waals surface area contributed by atoms with Crippen LogP contribution in [0.5, 0.6) is 5.75 Å². The molecule has 0 saturated carbocycles. The smallest absolute Gasteiger partial charge is 0.336 e. The number of fused-ring (bicyclic) bond motifs is 1. The Morgan fingerprint density at radius 2 is 1.77 bits per heavy atom. The quantitative estimate of drug-likeness (QED) is 0.610. The van der Waals surface area contributed by atoms with Gasteiger partial charge < -0.3 is 20.2 Å². The Morgan fingerprint density at radius 3 is 2.42 bits per heavy atom. The minimum atomic E-state index is -0.459. The molecule has 0 aliphatic rings. The van der Waals surface area contributed by atoms with E-state index in [1.807, 2.05) is 25.1 Å². The lowest BCUT2D eigenvalue weighted by Gasteiger charge is -2.11. The van der Waals surface area contributed by atoms with Gasteiger partial charge in [-0.3, -0.25) is 4.79 Å². The van der Waals surface area contributed by atoms with E-state index in [9.17, 15) is 14.7 Å². The minimum Gasteiger partial charge on any atom is -0.508 e. The number of hydrogen-bond acceptors (Lipinski definition) is 5. The number of hydrogen-bond donors (Lipinski definition) is 3. The van der Waals surface area contributed by atoms with Gasteiger partial charge in [-0.05, 0) is 47.9 Å². The van der Waals surface area contributed by atoms with Crippen LogP contribution in [0, 0.1) is 0 Å². The molecule has 0 radical (unpaired) electrons. The number of aryl methyl sites for hydroxylation is 1. The first kappa shape index (κ1) is 17.5. The molecule has 0 atom stereocenters. The molecule has 0 aliphatic carbocycles. The Hall–Kier alpha value is -3.28. The second-order valence-electron chi connectivity index (χ2n) is 6.03. The molecular weight excluding hydrogens is 332 g/mol. The van der Waals surface area contributed by atoms with Crippen molar-refractivity contribution in [3.63, 3.8) is 0 Å². The van der Waals surface area contributed by atoms with E-state index >= 15 is 0 Å². The van der Waals surface area contributed by atoms with Gasteiger partial charge in [0.1, 0.15) is 11.3 Å². The van der Waals surface area contributed by atoms with Gasteiger partial charge in [0.2, 0.25) is 5.91 Å². The minimum absolute atomic E-state index is 0.122. The van der Waals surface area contributed by atoms with Gasteiger partial charge in [-0.15, -0.1) is 0 Å². The number of phenolic OH excluding ortho intramolecular Hbond substituents is 1. The van der Waals surface area contributed by atoms with E-state index < -0.39 is 5.63 Å². The fourth-order valence-electron chi connectivity index (χ4n) is 2.81. The van der Waals surface area contributed by atoms with Crippen LogP contribution < -0.4 is 16.3 Å². The number of aromatic hydroxyl groups is 1. The maximum atomic E-state index is 11.8. The first-order chi connectivity index (χ1) is 12.5. The van der Waals surface area contributed by atoms with Crippen molar-refractivity contribution in [3.8, 4) is 5.75 Å². The second kappa shape index (κ2) is 7.31. The summed E-state index contributed by atoms with van der Waals surface area (Å²) in [4.78, 5) is 22.9. The Kier molecular flexibility index (Phi) is 4.93. The van der Waals surface area contributed by atoms with Crippen LogP contribution in [0.1, 0.15) is 25.0 Å². The molecular formula is C20H20N2O4. The summed E-state index contributed by atoms with van der Waals surface area (Å²) in [5, 5.41) is 16.7. The zero-order valence-electron chi connectivity index (χ0n) is 14.6. The van der Waals surface area contributed by atoms with Crippen LogP contribution in [0.4, 0.5) is 11.4 Å². The van der Waals surface area contributed by atoms with Gasteiger partial charge in [0.25, 0.3) is 0 Å². The predicted octanol–water partition coefficient (Wildman–Crippen LogP) is 3.63. The molecule has 6 heteroatoms. The lowest BCUT2D eigenvalue weighted by atomic mass is 10.0. The third kappa shape index (κ3) is 3.85. The molecule has 3 N–H and O–H groups in total. The van der Waals surface area contributed by atoms with Crippen LogP contribution in [-0.2, 0) is 17.8 Å². The topological polar surface area (TPSA) is 91.6 Å². The summed E-state index contributed by atoms with van der Waals surface area (Å²) in [6, 6.07) is 12.1. The summed E-state index contributed by atoms with van der Waals surface area (Å²) in [6.07, 6.45) is 0.679. The van der Waals surface area contributed by atoms with Crippen molar-refractivity contribution in [1.82, 2.24) is 0 Å². The number of carbonyl (C=O) groups excluding carboxylic acids is 1. The number of rotatable bonds is 5. The van der Waals surface area contributed by atoms with Crippen LogP contribution in [0.25, 0.3) is 11.0 Å². The number of carbonyl (C=O) groups is 1. The van der Waals surface area contributed by atoms with Crippen LogP contribution in [0.2, 0.25) is 0 Å². The molecule has 26 heavy (non-hydrogen) atoms. The monoisotopic (exact) mass is 352 g/mol. The highest BCUT2D eigenvalue weighted by Crippen LogP contribution is 2.27. The third-order valence-corrected chi connectivity index (χ3v) is 4.10. The molecule has 0 spiro atoms.